The summed E-state index contributed by atoms with van der Waals surface area (Å²) in [5, 5.41) is 0. The first kappa shape index (κ1) is 9.70. The summed E-state index contributed by atoms with van der Waals surface area (Å²) in [7, 11) is 0. The molecule has 0 amide bonds. The minimum Gasteiger partial charge on any atom is -0.397 e. The summed E-state index contributed by atoms with van der Waals surface area (Å²) in [6, 6.07) is 2.07. The maximum atomic E-state index is 12.3. The molecule has 0 radical (unpaired) electrons. The Bertz CT molecular complexity index is 331. The molecule has 0 saturated carbocycles. The molecule has 1 rings (SSSR count). The van der Waals surface area contributed by atoms with Crippen molar-refractivity contribution < 1.29 is 13.2 Å². The van der Waals surface area contributed by atoms with Gasteiger partial charge in [0.1, 0.15) is 0 Å². The SMILES string of the molecule is Cc1cc(N)c(N)cc1C(F)(F)F. The topological polar surface area (TPSA) is 52.0 Å². The van der Waals surface area contributed by atoms with E-state index in [1.807, 2.05) is 0 Å². The van der Waals surface area contributed by atoms with Gasteiger partial charge in [-0.15, -0.1) is 0 Å². The standard InChI is InChI=1S/C8H9F3N2/c1-4-2-6(12)7(13)3-5(4)8(9,10)11/h2-3H,12-13H2,1H3. The fourth-order valence-corrected chi connectivity index (χ4v) is 1.05. The second-order valence-electron chi connectivity index (χ2n) is 2.79. The van der Waals surface area contributed by atoms with Gasteiger partial charge in [0.05, 0.1) is 16.9 Å². The third kappa shape index (κ3) is 1.85. The highest BCUT2D eigenvalue weighted by atomic mass is 19.4. The highest BCUT2D eigenvalue weighted by Crippen LogP contribution is 2.34. The molecule has 0 aromatic heterocycles. The van der Waals surface area contributed by atoms with E-state index in [0.717, 1.165) is 6.07 Å². The molecule has 72 valence electrons. The summed E-state index contributed by atoms with van der Waals surface area (Å²) >= 11 is 0. The average molecular weight is 190 g/mol. The molecule has 0 heterocycles. The fourth-order valence-electron chi connectivity index (χ4n) is 1.05. The van der Waals surface area contributed by atoms with Crippen LogP contribution in [0, 0.1) is 6.92 Å². The quantitative estimate of drug-likeness (QED) is 0.616. The molecule has 0 aliphatic heterocycles. The predicted molar refractivity (Wildman–Crippen MR) is 45.0 cm³/mol. The lowest BCUT2D eigenvalue weighted by Gasteiger charge is -2.11. The lowest BCUT2D eigenvalue weighted by molar-refractivity contribution is -0.138. The van der Waals surface area contributed by atoms with Crippen LogP contribution in [0.15, 0.2) is 12.1 Å². The fraction of sp³-hybridized carbons (Fsp3) is 0.250. The van der Waals surface area contributed by atoms with E-state index in [-0.39, 0.29) is 16.9 Å². The van der Waals surface area contributed by atoms with E-state index in [0.29, 0.717) is 0 Å². The maximum Gasteiger partial charge on any atom is 0.416 e. The minimum absolute atomic E-state index is 0.0436. The van der Waals surface area contributed by atoms with Gasteiger partial charge in [-0.2, -0.15) is 13.2 Å². The predicted octanol–water partition coefficient (Wildman–Crippen LogP) is 2.18. The first-order valence-corrected chi connectivity index (χ1v) is 3.55. The number of halogens is 3. The van der Waals surface area contributed by atoms with Gasteiger partial charge in [0, 0.05) is 0 Å². The van der Waals surface area contributed by atoms with Crippen molar-refractivity contribution in [1.29, 1.82) is 0 Å². The van der Waals surface area contributed by atoms with E-state index in [9.17, 15) is 13.2 Å². The van der Waals surface area contributed by atoms with Gasteiger partial charge in [-0.05, 0) is 24.6 Å². The van der Waals surface area contributed by atoms with Crippen LogP contribution in [-0.2, 0) is 6.18 Å². The van der Waals surface area contributed by atoms with Crippen molar-refractivity contribution in [2.75, 3.05) is 11.5 Å². The number of hydrogen-bond acceptors (Lipinski definition) is 2. The summed E-state index contributed by atoms with van der Waals surface area (Å²) in [5.41, 5.74) is 10.1. The van der Waals surface area contributed by atoms with Crippen molar-refractivity contribution in [2.45, 2.75) is 13.1 Å². The molecule has 0 unspecified atom stereocenters. The zero-order valence-electron chi connectivity index (χ0n) is 6.94. The monoisotopic (exact) mass is 190 g/mol. The molecule has 4 N–H and O–H groups in total. The van der Waals surface area contributed by atoms with Crippen LogP contribution < -0.4 is 11.5 Å². The van der Waals surface area contributed by atoms with Crippen molar-refractivity contribution in [3.8, 4) is 0 Å². The van der Waals surface area contributed by atoms with Crippen molar-refractivity contribution in [3.05, 3.63) is 23.3 Å². The van der Waals surface area contributed by atoms with Crippen molar-refractivity contribution in [1.82, 2.24) is 0 Å². The van der Waals surface area contributed by atoms with Gasteiger partial charge < -0.3 is 11.5 Å². The van der Waals surface area contributed by atoms with Gasteiger partial charge in [-0.25, -0.2) is 0 Å². The number of hydrogen-bond donors (Lipinski definition) is 2. The van der Waals surface area contributed by atoms with Crippen LogP contribution in [0.4, 0.5) is 24.5 Å². The Balaban J connectivity index is 3.32. The summed E-state index contributed by atoms with van der Waals surface area (Å²) in [6.45, 7) is 1.35. The second kappa shape index (κ2) is 2.83. The average Bonchev–Trinajstić information content (AvgIpc) is 1.94. The molecule has 0 atom stereocenters. The Morgan fingerprint density at radius 3 is 2.00 bits per heavy atom. The van der Waals surface area contributed by atoms with Gasteiger partial charge >= 0.3 is 6.18 Å². The third-order valence-corrected chi connectivity index (χ3v) is 1.74. The molecule has 0 saturated heterocycles. The molecular formula is C8H9F3N2. The smallest absolute Gasteiger partial charge is 0.397 e. The molecule has 1 aromatic rings. The summed E-state index contributed by atoms with van der Waals surface area (Å²) < 4.78 is 36.8. The molecule has 2 nitrogen and oxygen atoms in total. The summed E-state index contributed by atoms with van der Waals surface area (Å²) in [4.78, 5) is 0. The van der Waals surface area contributed by atoms with Gasteiger partial charge in [0.25, 0.3) is 0 Å². The molecule has 13 heavy (non-hydrogen) atoms. The second-order valence-corrected chi connectivity index (χ2v) is 2.79. The van der Waals surface area contributed by atoms with Crippen molar-refractivity contribution in [2.24, 2.45) is 0 Å². The Morgan fingerprint density at radius 1 is 1.08 bits per heavy atom. The lowest BCUT2D eigenvalue weighted by atomic mass is 10.1. The normalized spacial score (nSPS) is 11.7. The Kier molecular flexibility index (Phi) is 2.11. The number of nitrogens with two attached hydrogens (primary N) is 2. The number of alkyl halides is 3. The third-order valence-electron chi connectivity index (χ3n) is 1.74. The van der Waals surface area contributed by atoms with Crippen LogP contribution >= 0.6 is 0 Å². The molecular weight excluding hydrogens is 181 g/mol. The summed E-state index contributed by atoms with van der Waals surface area (Å²) in [6.07, 6.45) is -4.37. The van der Waals surface area contributed by atoms with Crippen molar-refractivity contribution >= 4 is 11.4 Å². The van der Waals surface area contributed by atoms with E-state index in [4.69, 9.17) is 11.5 Å². The number of anilines is 2. The number of nitrogen functional groups attached to an aromatic ring is 2. The van der Waals surface area contributed by atoms with E-state index >= 15 is 0 Å². The molecule has 0 bridgehead atoms. The van der Waals surface area contributed by atoms with Gasteiger partial charge in [-0.3, -0.25) is 0 Å². The van der Waals surface area contributed by atoms with Gasteiger partial charge in [0.15, 0.2) is 0 Å². The van der Waals surface area contributed by atoms with Crippen LogP contribution in [0.1, 0.15) is 11.1 Å². The van der Waals surface area contributed by atoms with E-state index < -0.39 is 11.7 Å². The number of benzene rings is 1. The highest BCUT2D eigenvalue weighted by molar-refractivity contribution is 5.66. The van der Waals surface area contributed by atoms with Gasteiger partial charge in [0.2, 0.25) is 0 Å². The van der Waals surface area contributed by atoms with Crippen LogP contribution in [0.3, 0.4) is 0 Å². The van der Waals surface area contributed by atoms with Crippen LogP contribution in [0.5, 0.6) is 0 Å². The maximum absolute atomic E-state index is 12.3. The number of aryl methyl sites for hydroxylation is 1. The first-order valence-electron chi connectivity index (χ1n) is 3.55. The molecule has 5 heteroatoms. The summed E-state index contributed by atoms with van der Waals surface area (Å²) in [5.74, 6) is 0. The highest BCUT2D eigenvalue weighted by Gasteiger charge is 2.32. The molecule has 0 fully saturated rings. The minimum atomic E-state index is -4.37. The Hall–Kier alpha value is -1.39. The van der Waals surface area contributed by atoms with Gasteiger partial charge in [-0.1, -0.05) is 0 Å². The molecule has 0 spiro atoms. The van der Waals surface area contributed by atoms with Crippen LogP contribution in [0.2, 0.25) is 0 Å². The van der Waals surface area contributed by atoms with E-state index in [1.54, 1.807) is 0 Å². The Morgan fingerprint density at radius 2 is 1.54 bits per heavy atom. The van der Waals surface area contributed by atoms with E-state index in [2.05, 4.69) is 0 Å². The zero-order chi connectivity index (χ0) is 10.2. The molecule has 1 aromatic carbocycles. The zero-order valence-corrected chi connectivity index (χ0v) is 6.94. The molecule has 0 aliphatic carbocycles. The Labute approximate surface area is 73.3 Å². The van der Waals surface area contributed by atoms with Crippen molar-refractivity contribution in [3.63, 3.8) is 0 Å². The van der Waals surface area contributed by atoms with E-state index in [1.165, 1.54) is 13.0 Å². The first-order chi connectivity index (χ1) is 5.82. The van der Waals surface area contributed by atoms with Crippen LogP contribution in [0.25, 0.3) is 0 Å². The number of rotatable bonds is 0. The largest absolute Gasteiger partial charge is 0.416 e. The molecule has 0 aliphatic rings. The van der Waals surface area contributed by atoms with Crippen LogP contribution in [-0.4, -0.2) is 0 Å². The lowest BCUT2D eigenvalue weighted by Crippen LogP contribution is -2.09.